The van der Waals surface area contributed by atoms with E-state index in [1.807, 2.05) is 36.5 Å². The van der Waals surface area contributed by atoms with Gasteiger partial charge in [0.05, 0.1) is 7.11 Å². The van der Waals surface area contributed by atoms with Crippen molar-refractivity contribution >= 4 is 16.8 Å². The van der Waals surface area contributed by atoms with Crippen LogP contribution in [0.4, 0.5) is 0 Å². The first-order chi connectivity index (χ1) is 12.7. The van der Waals surface area contributed by atoms with Crippen molar-refractivity contribution in [2.24, 2.45) is 0 Å². The second kappa shape index (κ2) is 8.56. The van der Waals surface area contributed by atoms with E-state index < -0.39 is 0 Å². The maximum Gasteiger partial charge on any atom is 0.220 e. The van der Waals surface area contributed by atoms with E-state index in [2.05, 4.69) is 35.4 Å². The average Bonchev–Trinajstić information content (AvgIpc) is 3.10. The summed E-state index contributed by atoms with van der Waals surface area (Å²) in [5.41, 5.74) is 3.31. The average molecular weight is 350 g/mol. The summed E-state index contributed by atoms with van der Waals surface area (Å²) in [4.78, 5) is 15.9. The van der Waals surface area contributed by atoms with Crippen LogP contribution in [0.1, 0.15) is 43.2 Å². The van der Waals surface area contributed by atoms with Crippen molar-refractivity contribution in [2.75, 3.05) is 13.7 Å². The molecule has 0 saturated carbocycles. The molecule has 1 heterocycles. The third kappa shape index (κ3) is 4.07. The molecule has 2 N–H and O–H groups in total. The molecule has 0 radical (unpaired) electrons. The minimum absolute atomic E-state index is 0.0251. The number of amides is 1. The Bertz CT molecular complexity index is 869. The van der Waals surface area contributed by atoms with Crippen molar-refractivity contribution < 1.29 is 9.53 Å². The number of fused-ring (bicyclic) bond motifs is 1. The summed E-state index contributed by atoms with van der Waals surface area (Å²) >= 11 is 0. The highest BCUT2D eigenvalue weighted by Gasteiger charge is 2.21. The third-order valence-corrected chi connectivity index (χ3v) is 4.73. The van der Waals surface area contributed by atoms with Crippen molar-refractivity contribution in [3.63, 3.8) is 0 Å². The van der Waals surface area contributed by atoms with Crippen LogP contribution in [0.3, 0.4) is 0 Å². The van der Waals surface area contributed by atoms with Crippen LogP contribution in [0.25, 0.3) is 10.9 Å². The largest absolute Gasteiger partial charge is 0.497 e. The Morgan fingerprint density at radius 1 is 1.19 bits per heavy atom. The molecule has 26 heavy (non-hydrogen) atoms. The minimum Gasteiger partial charge on any atom is -0.497 e. The molecule has 1 unspecified atom stereocenters. The fourth-order valence-electron chi connectivity index (χ4n) is 3.31. The highest BCUT2D eigenvalue weighted by molar-refractivity contribution is 5.86. The Hall–Kier alpha value is -2.75. The summed E-state index contributed by atoms with van der Waals surface area (Å²) in [6, 6.07) is 16.2. The van der Waals surface area contributed by atoms with Crippen molar-refractivity contribution in [1.29, 1.82) is 0 Å². The van der Waals surface area contributed by atoms with Crippen LogP contribution in [-0.4, -0.2) is 24.5 Å². The molecular formula is C22H26N2O2. The fraction of sp³-hybridized carbons (Fsp3) is 0.318. The van der Waals surface area contributed by atoms with Crippen LogP contribution in [0.15, 0.2) is 54.7 Å². The molecule has 0 spiro atoms. The minimum atomic E-state index is -0.0251. The van der Waals surface area contributed by atoms with Gasteiger partial charge in [0.25, 0.3) is 0 Å². The molecule has 136 valence electrons. The molecule has 1 aromatic heterocycles. The Labute approximate surface area is 154 Å². The lowest BCUT2D eigenvalue weighted by Gasteiger charge is -2.18. The summed E-state index contributed by atoms with van der Waals surface area (Å²) in [7, 11) is 1.66. The van der Waals surface area contributed by atoms with E-state index in [1.54, 1.807) is 7.11 Å². The van der Waals surface area contributed by atoms with Crippen LogP contribution in [0.5, 0.6) is 5.75 Å². The number of carbonyl (C=O) groups excluding carboxylic acids is 1. The van der Waals surface area contributed by atoms with Crippen LogP contribution >= 0.6 is 0 Å². The predicted octanol–water partition coefficient (Wildman–Crippen LogP) is 4.61. The van der Waals surface area contributed by atoms with Gasteiger partial charge in [-0.2, -0.15) is 0 Å². The first kappa shape index (κ1) is 18.1. The number of H-pyrrole nitrogens is 1. The predicted molar refractivity (Wildman–Crippen MR) is 106 cm³/mol. The smallest absolute Gasteiger partial charge is 0.220 e. The van der Waals surface area contributed by atoms with Crippen molar-refractivity contribution in [3.8, 4) is 5.75 Å². The number of hydrogen-bond donors (Lipinski definition) is 2. The Balaban J connectivity index is 1.94. The summed E-state index contributed by atoms with van der Waals surface area (Å²) in [6.07, 6.45) is 4.51. The molecule has 0 aliphatic rings. The molecule has 2 aromatic carbocycles. The Kier molecular flexibility index (Phi) is 5.95. The molecule has 0 fully saturated rings. The van der Waals surface area contributed by atoms with Crippen molar-refractivity contribution in [3.05, 3.63) is 65.9 Å². The summed E-state index contributed by atoms with van der Waals surface area (Å²) in [5, 5.41) is 4.20. The molecule has 3 rings (SSSR count). The second-order valence-electron chi connectivity index (χ2n) is 6.53. The number of methoxy groups -OCH3 is 1. The molecule has 1 amide bonds. The number of hydrogen-bond acceptors (Lipinski definition) is 2. The van der Waals surface area contributed by atoms with Crippen LogP contribution in [-0.2, 0) is 4.79 Å². The second-order valence-corrected chi connectivity index (χ2v) is 6.53. The number of benzene rings is 2. The highest BCUT2D eigenvalue weighted by atomic mass is 16.5. The van der Waals surface area contributed by atoms with Crippen LogP contribution in [0, 0.1) is 0 Å². The maximum atomic E-state index is 12.5. The van der Waals surface area contributed by atoms with Gasteiger partial charge in [-0.25, -0.2) is 0 Å². The van der Waals surface area contributed by atoms with E-state index in [0.29, 0.717) is 6.42 Å². The molecular weight excluding hydrogens is 324 g/mol. The van der Waals surface area contributed by atoms with E-state index in [1.165, 1.54) is 0 Å². The normalized spacial score (nSPS) is 12.1. The molecule has 1 atom stereocenters. The first-order valence-corrected chi connectivity index (χ1v) is 9.19. The Morgan fingerprint density at radius 2 is 2.04 bits per heavy atom. The zero-order valence-corrected chi connectivity index (χ0v) is 15.4. The van der Waals surface area contributed by atoms with E-state index in [-0.39, 0.29) is 11.8 Å². The van der Waals surface area contributed by atoms with E-state index >= 15 is 0 Å². The van der Waals surface area contributed by atoms with E-state index in [4.69, 9.17) is 4.74 Å². The van der Waals surface area contributed by atoms with Gasteiger partial charge in [0.2, 0.25) is 5.91 Å². The molecule has 4 heteroatoms. The standard InChI is InChI=1S/C22H26N2O2/c1-3-4-12-23-22(25)14-19(16-8-7-9-17(13-16)26-2)20-15-24-21-11-6-5-10-18(20)21/h5-11,13,15,19,24H,3-4,12,14H2,1-2H3,(H,23,25). The molecule has 3 aromatic rings. The van der Waals surface area contributed by atoms with Crippen LogP contribution in [0.2, 0.25) is 0 Å². The molecule has 0 aliphatic carbocycles. The van der Waals surface area contributed by atoms with Gasteiger partial charge < -0.3 is 15.0 Å². The number of aromatic amines is 1. The number of carbonyl (C=O) groups is 1. The lowest BCUT2D eigenvalue weighted by Crippen LogP contribution is -2.26. The van der Waals surface area contributed by atoms with Gasteiger partial charge in [-0.15, -0.1) is 0 Å². The summed E-state index contributed by atoms with van der Waals surface area (Å²) in [6.45, 7) is 2.85. The number of para-hydroxylation sites is 1. The number of aromatic nitrogens is 1. The first-order valence-electron chi connectivity index (χ1n) is 9.19. The molecule has 4 nitrogen and oxygen atoms in total. The monoisotopic (exact) mass is 350 g/mol. The van der Waals surface area contributed by atoms with E-state index in [9.17, 15) is 4.79 Å². The highest BCUT2D eigenvalue weighted by Crippen LogP contribution is 2.34. The van der Waals surface area contributed by atoms with Gasteiger partial charge in [-0.05, 0) is 35.7 Å². The third-order valence-electron chi connectivity index (χ3n) is 4.73. The topological polar surface area (TPSA) is 54.1 Å². The van der Waals surface area contributed by atoms with Gasteiger partial charge in [-0.3, -0.25) is 4.79 Å². The maximum absolute atomic E-state index is 12.5. The van der Waals surface area contributed by atoms with Gasteiger partial charge in [0, 0.05) is 36.0 Å². The lowest BCUT2D eigenvalue weighted by atomic mass is 9.88. The molecule has 0 saturated heterocycles. The summed E-state index contributed by atoms with van der Waals surface area (Å²) < 4.78 is 5.39. The van der Waals surface area contributed by atoms with Gasteiger partial charge in [0.15, 0.2) is 0 Å². The van der Waals surface area contributed by atoms with Crippen molar-refractivity contribution in [1.82, 2.24) is 10.3 Å². The SMILES string of the molecule is CCCCNC(=O)CC(c1cccc(OC)c1)c1c[nH]c2ccccc12. The number of rotatable bonds is 8. The number of nitrogens with one attached hydrogen (secondary N) is 2. The van der Waals surface area contributed by atoms with Crippen LogP contribution < -0.4 is 10.1 Å². The molecule has 0 bridgehead atoms. The molecule has 0 aliphatic heterocycles. The van der Waals surface area contributed by atoms with E-state index in [0.717, 1.165) is 47.2 Å². The van der Waals surface area contributed by atoms with Crippen molar-refractivity contribution in [2.45, 2.75) is 32.1 Å². The zero-order chi connectivity index (χ0) is 18.4. The number of unbranched alkanes of at least 4 members (excludes halogenated alkanes) is 1. The Morgan fingerprint density at radius 3 is 2.85 bits per heavy atom. The quantitative estimate of drug-likeness (QED) is 0.583. The van der Waals surface area contributed by atoms with Gasteiger partial charge >= 0.3 is 0 Å². The van der Waals surface area contributed by atoms with Gasteiger partial charge in [0.1, 0.15) is 5.75 Å². The summed E-state index contributed by atoms with van der Waals surface area (Å²) in [5.74, 6) is 0.859. The number of ether oxygens (including phenoxy) is 1. The zero-order valence-electron chi connectivity index (χ0n) is 15.4. The fourth-order valence-corrected chi connectivity index (χ4v) is 3.31. The van der Waals surface area contributed by atoms with Gasteiger partial charge in [-0.1, -0.05) is 43.7 Å². The lowest BCUT2D eigenvalue weighted by molar-refractivity contribution is -0.121.